The van der Waals surface area contributed by atoms with Crippen LogP contribution >= 0.6 is 0 Å². The van der Waals surface area contributed by atoms with Gasteiger partial charge in [0.25, 0.3) is 10.0 Å². The van der Waals surface area contributed by atoms with Crippen molar-refractivity contribution in [3.05, 3.63) is 58.1 Å². The first kappa shape index (κ1) is 37.6. The average molecular weight is 674 g/mol. The molecule has 0 bridgehead atoms. The van der Waals surface area contributed by atoms with Crippen LogP contribution < -0.4 is 26.6 Å². The van der Waals surface area contributed by atoms with Crippen molar-refractivity contribution in [2.45, 2.75) is 122 Å². The number of sulfonamides is 1. The van der Waals surface area contributed by atoms with Crippen molar-refractivity contribution in [2.24, 2.45) is 5.73 Å². The second-order valence-corrected chi connectivity index (χ2v) is 14.9. The number of nitrogens with two attached hydrogens (primary N) is 1. The summed E-state index contributed by atoms with van der Waals surface area (Å²) in [5, 5.41) is 21.9. The molecule has 47 heavy (non-hydrogen) atoms. The number of quaternary nitrogens is 1. The number of amides is 1. The van der Waals surface area contributed by atoms with Crippen LogP contribution in [0.25, 0.3) is 0 Å². The van der Waals surface area contributed by atoms with Gasteiger partial charge in [-0.15, -0.1) is 0 Å². The Labute approximate surface area is 278 Å². The summed E-state index contributed by atoms with van der Waals surface area (Å²) in [4.78, 5) is 23.9. The quantitative estimate of drug-likeness (QED) is 0.218. The number of carboxylic acids is 1. The van der Waals surface area contributed by atoms with Crippen molar-refractivity contribution in [1.82, 2.24) is 9.62 Å². The predicted molar refractivity (Wildman–Crippen MR) is 177 cm³/mol. The van der Waals surface area contributed by atoms with E-state index in [0.29, 0.717) is 35.3 Å². The Kier molecular flexibility index (Phi) is 13.1. The molecule has 2 aromatic carbocycles. The molecule has 0 radical (unpaired) electrons. The standard InChI is InChI=1S/C28H38N4O7S.C6H13N/c1-17-18(2)24(19(3)21-13-14-28(4,5)39-23(17)21)40(36,37)32(26(29)30)15-9-12-22(25(33)34)31-27(35)38-16-20-10-7-6-8-11-20;7-6-4-2-1-3-5-6/h6-8,10-11,22H,9,12-16H2,1-5H3,(H3,29,30)(H,31,35)(H,33,34);6H,1-5,7H2. The molecule has 2 aliphatic rings. The number of hydrogen-bond donors (Lipinski definition) is 4. The monoisotopic (exact) mass is 673 g/mol. The van der Waals surface area contributed by atoms with E-state index in [1.807, 2.05) is 19.9 Å². The lowest BCUT2D eigenvalue weighted by Gasteiger charge is -2.36. The lowest BCUT2D eigenvalue weighted by Crippen LogP contribution is -2.61. The number of ether oxygens (including phenoxy) is 2. The minimum Gasteiger partial charge on any atom is -0.548 e. The van der Waals surface area contributed by atoms with Gasteiger partial charge in [-0.25, -0.2) is 17.5 Å². The van der Waals surface area contributed by atoms with Crippen LogP contribution in [0.4, 0.5) is 4.79 Å². The van der Waals surface area contributed by atoms with Crippen molar-refractivity contribution < 1.29 is 38.3 Å². The van der Waals surface area contributed by atoms with Gasteiger partial charge in [-0.1, -0.05) is 36.8 Å². The molecule has 1 unspecified atom stereocenters. The molecule has 1 fully saturated rings. The Bertz CT molecular complexity index is 1520. The van der Waals surface area contributed by atoms with Gasteiger partial charge in [-0.2, -0.15) is 0 Å². The number of guanidine groups is 1. The minimum atomic E-state index is -4.27. The Balaban J connectivity index is 0.000000756. The van der Waals surface area contributed by atoms with Crippen molar-refractivity contribution in [3.8, 4) is 5.75 Å². The van der Waals surface area contributed by atoms with Crippen molar-refractivity contribution in [3.63, 3.8) is 0 Å². The fourth-order valence-corrected chi connectivity index (χ4v) is 7.90. The number of carboxylic acid groups (broad SMARTS) is 1. The van der Waals surface area contributed by atoms with Crippen LogP contribution in [-0.4, -0.2) is 55.0 Å². The molecule has 7 N–H and O–H groups in total. The Hall–Kier alpha value is -3.84. The third-order valence-electron chi connectivity index (χ3n) is 8.85. The fourth-order valence-electron chi connectivity index (χ4n) is 6.00. The Morgan fingerprint density at radius 2 is 1.77 bits per heavy atom. The maximum absolute atomic E-state index is 13.8. The largest absolute Gasteiger partial charge is 0.548 e. The van der Waals surface area contributed by atoms with E-state index in [4.69, 9.17) is 20.6 Å². The number of nitrogens with one attached hydrogen (secondary N) is 2. The molecule has 2 aromatic rings. The number of hydrogen-bond acceptors (Lipinski definition) is 8. The normalized spacial score (nSPS) is 16.4. The van der Waals surface area contributed by atoms with Gasteiger partial charge in [0.05, 0.1) is 22.9 Å². The van der Waals surface area contributed by atoms with Gasteiger partial charge >= 0.3 is 6.09 Å². The lowest BCUT2D eigenvalue weighted by molar-refractivity contribution is -0.425. The van der Waals surface area contributed by atoms with E-state index in [1.165, 1.54) is 32.1 Å². The summed E-state index contributed by atoms with van der Waals surface area (Å²) in [6.45, 7) is 8.86. The molecule has 1 heterocycles. The van der Waals surface area contributed by atoms with Crippen LogP contribution in [0.2, 0.25) is 0 Å². The van der Waals surface area contributed by atoms with E-state index in [9.17, 15) is 23.1 Å². The molecule has 1 amide bonds. The highest BCUT2D eigenvalue weighted by Gasteiger charge is 2.36. The van der Waals surface area contributed by atoms with Crippen LogP contribution in [0.15, 0.2) is 35.2 Å². The summed E-state index contributed by atoms with van der Waals surface area (Å²) < 4.78 is 39.7. The fraction of sp³-hybridized carbons (Fsp3) is 0.559. The SMILES string of the molecule is Cc1c(C)c(S(=O)(=O)N(CCCC(NC(=O)OCc2ccccc2)C(=O)[O-])C(=N)N)c(C)c2c1OC(C)(C)CC2.[NH3+]C1CCCCC1. The highest BCUT2D eigenvalue weighted by molar-refractivity contribution is 7.89. The molecular formula is C34H51N5O7S. The first-order valence-corrected chi connectivity index (χ1v) is 17.7. The van der Waals surface area contributed by atoms with Gasteiger partial charge in [0.2, 0.25) is 5.96 Å². The third kappa shape index (κ3) is 10.1. The van der Waals surface area contributed by atoms with Crippen LogP contribution in [-0.2, 0) is 32.6 Å². The zero-order valence-electron chi connectivity index (χ0n) is 28.3. The van der Waals surface area contributed by atoms with Gasteiger partial charge in [0, 0.05) is 6.54 Å². The van der Waals surface area contributed by atoms with Gasteiger partial charge in [0.15, 0.2) is 0 Å². The number of fused-ring (bicyclic) bond motifs is 1. The molecule has 0 spiro atoms. The molecule has 12 nitrogen and oxygen atoms in total. The summed E-state index contributed by atoms with van der Waals surface area (Å²) >= 11 is 0. The van der Waals surface area contributed by atoms with Gasteiger partial charge in [0.1, 0.15) is 18.0 Å². The van der Waals surface area contributed by atoms with E-state index >= 15 is 0 Å². The molecular weight excluding hydrogens is 622 g/mol. The topological polar surface area (TPSA) is 203 Å². The molecule has 1 aliphatic heterocycles. The van der Waals surface area contributed by atoms with Crippen molar-refractivity contribution >= 4 is 28.0 Å². The van der Waals surface area contributed by atoms with Crippen LogP contribution in [0, 0.1) is 26.2 Å². The van der Waals surface area contributed by atoms with Gasteiger partial charge < -0.3 is 36.2 Å². The lowest BCUT2D eigenvalue weighted by atomic mass is 9.88. The van der Waals surface area contributed by atoms with E-state index in [0.717, 1.165) is 21.5 Å². The maximum atomic E-state index is 13.8. The molecule has 4 rings (SSSR count). The van der Waals surface area contributed by atoms with Gasteiger partial charge in [-0.05, 0) is 114 Å². The first-order valence-electron chi connectivity index (χ1n) is 16.2. The average Bonchev–Trinajstić information content (AvgIpc) is 3.00. The number of aliphatic carboxylic acids is 1. The second kappa shape index (κ2) is 16.3. The summed E-state index contributed by atoms with van der Waals surface area (Å²) in [5.41, 5.74) is 12.6. The summed E-state index contributed by atoms with van der Waals surface area (Å²) in [7, 11) is -4.27. The molecule has 1 atom stereocenters. The maximum Gasteiger partial charge on any atom is 0.407 e. The zero-order chi connectivity index (χ0) is 34.9. The van der Waals surface area contributed by atoms with E-state index < -0.39 is 34.1 Å². The third-order valence-corrected chi connectivity index (χ3v) is 10.9. The van der Waals surface area contributed by atoms with Gasteiger partial charge in [-0.3, -0.25) is 5.41 Å². The number of nitrogens with zero attached hydrogens (tertiary/aromatic N) is 1. The zero-order valence-corrected chi connectivity index (χ0v) is 29.1. The van der Waals surface area contributed by atoms with Crippen LogP contribution in [0.3, 0.4) is 0 Å². The Morgan fingerprint density at radius 3 is 2.32 bits per heavy atom. The highest BCUT2D eigenvalue weighted by atomic mass is 32.2. The number of carbonyl (C=O) groups is 2. The summed E-state index contributed by atoms with van der Waals surface area (Å²) in [6, 6.07) is 8.22. The van der Waals surface area contributed by atoms with E-state index in [1.54, 1.807) is 45.0 Å². The highest BCUT2D eigenvalue weighted by Crippen LogP contribution is 2.42. The molecule has 13 heteroatoms. The van der Waals surface area contributed by atoms with Crippen LogP contribution in [0.1, 0.15) is 93.0 Å². The number of benzene rings is 2. The van der Waals surface area contributed by atoms with E-state index in [2.05, 4.69) is 11.1 Å². The summed E-state index contributed by atoms with van der Waals surface area (Å²) in [6.07, 6.45) is 7.24. The first-order chi connectivity index (χ1) is 22.0. The minimum absolute atomic E-state index is 0.0320. The smallest absolute Gasteiger partial charge is 0.407 e. The number of carbonyl (C=O) groups excluding carboxylic acids is 2. The molecule has 0 saturated heterocycles. The molecule has 1 saturated carbocycles. The Morgan fingerprint density at radius 1 is 1.13 bits per heavy atom. The number of alkyl carbamates (subject to hydrolysis) is 1. The van der Waals surface area contributed by atoms with Crippen LogP contribution in [0.5, 0.6) is 5.75 Å². The second-order valence-electron chi connectivity index (χ2n) is 13.1. The molecule has 260 valence electrons. The van der Waals surface area contributed by atoms with Crippen molar-refractivity contribution in [2.75, 3.05) is 6.54 Å². The van der Waals surface area contributed by atoms with Crippen molar-refractivity contribution in [1.29, 1.82) is 5.41 Å². The summed E-state index contributed by atoms with van der Waals surface area (Å²) in [5.74, 6) is -1.57. The predicted octanol–water partition coefficient (Wildman–Crippen LogP) is 2.99. The number of rotatable bonds is 10. The van der Waals surface area contributed by atoms with E-state index in [-0.39, 0.29) is 36.5 Å². The molecule has 0 aromatic heterocycles. The molecule has 1 aliphatic carbocycles.